The van der Waals surface area contributed by atoms with Crippen molar-refractivity contribution in [3.05, 3.63) is 29.3 Å². The fourth-order valence-corrected chi connectivity index (χ4v) is 3.01. The first kappa shape index (κ1) is 13.9. The lowest BCUT2D eigenvalue weighted by Gasteiger charge is -2.12. The molecule has 2 atom stereocenters. The van der Waals surface area contributed by atoms with Gasteiger partial charge in [0.15, 0.2) is 0 Å². The van der Waals surface area contributed by atoms with Gasteiger partial charge < -0.3 is 10.1 Å². The maximum atomic E-state index is 5.76. The van der Waals surface area contributed by atoms with E-state index in [1.54, 1.807) is 0 Å². The molecule has 2 nitrogen and oxygen atoms in total. The van der Waals surface area contributed by atoms with Crippen molar-refractivity contribution in [2.24, 2.45) is 5.92 Å². The molecule has 2 aliphatic rings. The van der Waals surface area contributed by atoms with Crippen LogP contribution in [0.15, 0.2) is 18.2 Å². The Morgan fingerprint density at radius 1 is 1.30 bits per heavy atom. The highest BCUT2D eigenvalue weighted by Gasteiger charge is 2.20. The maximum Gasteiger partial charge on any atom is 0.123 e. The van der Waals surface area contributed by atoms with Gasteiger partial charge in [-0.1, -0.05) is 19.1 Å². The average molecular weight is 273 g/mol. The van der Waals surface area contributed by atoms with Crippen LogP contribution in [-0.4, -0.2) is 18.7 Å². The molecule has 0 spiro atoms. The van der Waals surface area contributed by atoms with E-state index in [-0.39, 0.29) is 0 Å². The summed E-state index contributed by atoms with van der Waals surface area (Å²) >= 11 is 0. The number of aryl methyl sites for hydroxylation is 1. The summed E-state index contributed by atoms with van der Waals surface area (Å²) in [5.41, 5.74) is 2.88. The molecule has 1 aromatic carbocycles. The predicted octanol–water partition coefficient (Wildman–Crippen LogP) is 3.72. The summed E-state index contributed by atoms with van der Waals surface area (Å²) in [5.74, 6) is 1.91. The number of rotatable bonds is 7. The van der Waals surface area contributed by atoms with E-state index >= 15 is 0 Å². The quantitative estimate of drug-likeness (QED) is 0.817. The van der Waals surface area contributed by atoms with Crippen molar-refractivity contribution in [3.63, 3.8) is 0 Å². The Kier molecular flexibility index (Phi) is 4.30. The zero-order valence-corrected chi connectivity index (χ0v) is 12.8. The minimum atomic E-state index is 0.354. The fourth-order valence-electron chi connectivity index (χ4n) is 3.01. The molecular formula is C18H27NO. The van der Waals surface area contributed by atoms with Gasteiger partial charge in [-0.05, 0) is 68.7 Å². The zero-order valence-electron chi connectivity index (χ0n) is 12.8. The number of hydrogen-bond acceptors (Lipinski definition) is 2. The van der Waals surface area contributed by atoms with Crippen LogP contribution in [0.5, 0.6) is 5.75 Å². The highest BCUT2D eigenvalue weighted by Crippen LogP contribution is 2.30. The van der Waals surface area contributed by atoms with Crippen LogP contribution in [0.4, 0.5) is 0 Å². The molecule has 110 valence electrons. The highest BCUT2D eigenvalue weighted by molar-refractivity contribution is 5.40. The third-order valence-electron chi connectivity index (χ3n) is 4.53. The second kappa shape index (κ2) is 6.17. The van der Waals surface area contributed by atoms with E-state index in [2.05, 4.69) is 37.4 Å². The van der Waals surface area contributed by atoms with Crippen molar-refractivity contribution in [3.8, 4) is 5.75 Å². The summed E-state index contributed by atoms with van der Waals surface area (Å²) in [6.45, 7) is 5.73. The fraction of sp³-hybridized carbons (Fsp3) is 0.667. The molecule has 0 radical (unpaired) electrons. The first-order valence-electron chi connectivity index (χ1n) is 8.22. The molecule has 1 aliphatic heterocycles. The van der Waals surface area contributed by atoms with Crippen LogP contribution in [0.1, 0.15) is 50.7 Å². The van der Waals surface area contributed by atoms with E-state index in [1.165, 1.54) is 49.8 Å². The second-order valence-corrected chi connectivity index (χ2v) is 6.74. The summed E-state index contributed by atoms with van der Waals surface area (Å²) in [5, 5.41) is 3.61. The van der Waals surface area contributed by atoms with Crippen molar-refractivity contribution in [2.45, 2.75) is 64.5 Å². The molecule has 20 heavy (non-hydrogen) atoms. The van der Waals surface area contributed by atoms with Gasteiger partial charge in [0.05, 0.1) is 0 Å². The summed E-state index contributed by atoms with van der Waals surface area (Å²) in [6, 6.07) is 7.61. The molecule has 1 saturated carbocycles. The van der Waals surface area contributed by atoms with Crippen molar-refractivity contribution >= 4 is 0 Å². The summed E-state index contributed by atoms with van der Waals surface area (Å²) in [4.78, 5) is 0. The van der Waals surface area contributed by atoms with Gasteiger partial charge in [0, 0.05) is 12.5 Å². The molecule has 1 N–H and O–H groups in total. The molecule has 3 rings (SSSR count). The standard InChI is InChI=1S/C18H27NO/c1-13(9-10-19-17-6-7-17)3-4-15-5-8-18-16(12-15)11-14(2)20-18/h5,8,12-14,17,19H,3-4,6-7,9-11H2,1-2H3. The Labute approximate surface area is 122 Å². The third kappa shape index (κ3) is 3.76. The van der Waals surface area contributed by atoms with Crippen LogP contribution in [0.2, 0.25) is 0 Å². The Morgan fingerprint density at radius 3 is 2.95 bits per heavy atom. The SMILES string of the molecule is CC(CCNC1CC1)CCc1ccc2c(c1)CC(C)O2. The van der Waals surface area contributed by atoms with Gasteiger partial charge in [-0.3, -0.25) is 0 Å². The van der Waals surface area contributed by atoms with E-state index in [9.17, 15) is 0 Å². The van der Waals surface area contributed by atoms with Crippen molar-refractivity contribution < 1.29 is 4.74 Å². The molecule has 0 amide bonds. The average Bonchev–Trinajstić information content (AvgIpc) is 3.16. The lowest BCUT2D eigenvalue weighted by molar-refractivity contribution is 0.254. The van der Waals surface area contributed by atoms with E-state index < -0.39 is 0 Å². The summed E-state index contributed by atoms with van der Waals surface area (Å²) in [6.07, 6.45) is 8.01. The molecule has 0 saturated heterocycles. The number of fused-ring (bicyclic) bond motifs is 1. The lowest BCUT2D eigenvalue weighted by atomic mass is 9.96. The van der Waals surface area contributed by atoms with Crippen LogP contribution >= 0.6 is 0 Å². The first-order chi connectivity index (χ1) is 9.70. The minimum absolute atomic E-state index is 0.354. The minimum Gasteiger partial charge on any atom is -0.490 e. The van der Waals surface area contributed by atoms with Gasteiger partial charge in [-0.2, -0.15) is 0 Å². The molecule has 2 unspecified atom stereocenters. The van der Waals surface area contributed by atoms with Crippen molar-refractivity contribution in [1.29, 1.82) is 0 Å². The zero-order chi connectivity index (χ0) is 13.9. The van der Waals surface area contributed by atoms with Crippen LogP contribution in [0.3, 0.4) is 0 Å². The van der Waals surface area contributed by atoms with E-state index in [1.807, 2.05) is 0 Å². The maximum absolute atomic E-state index is 5.76. The molecule has 0 bridgehead atoms. The Hall–Kier alpha value is -1.02. The lowest BCUT2D eigenvalue weighted by Crippen LogP contribution is -2.19. The topological polar surface area (TPSA) is 21.3 Å². The van der Waals surface area contributed by atoms with E-state index in [4.69, 9.17) is 4.74 Å². The van der Waals surface area contributed by atoms with Gasteiger partial charge >= 0.3 is 0 Å². The first-order valence-corrected chi connectivity index (χ1v) is 8.22. The summed E-state index contributed by atoms with van der Waals surface area (Å²) < 4.78 is 5.76. The normalized spacial score (nSPS) is 22.4. The number of nitrogens with one attached hydrogen (secondary N) is 1. The third-order valence-corrected chi connectivity index (χ3v) is 4.53. The highest BCUT2D eigenvalue weighted by atomic mass is 16.5. The van der Waals surface area contributed by atoms with Crippen LogP contribution < -0.4 is 10.1 Å². The van der Waals surface area contributed by atoms with Gasteiger partial charge in [0.1, 0.15) is 11.9 Å². The van der Waals surface area contributed by atoms with Crippen LogP contribution in [0, 0.1) is 5.92 Å². The van der Waals surface area contributed by atoms with E-state index in [0.717, 1.165) is 24.1 Å². The Morgan fingerprint density at radius 2 is 2.15 bits per heavy atom. The van der Waals surface area contributed by atoms with Gasteiger partial charge in [-0.25, -0.2) is 0 Å². The van der Waals surface area contributed by atoms with Gasteiger partial charge in [0.25, 0.3) is 0 Å². The molecule has 1 heterocycles. The second-order valence-electron chi connectivity index (χ2n) is 6.74. The largest absolute Gasteiger partial charge is 0.490 e. The predicted molar refractivity (Wildman–Crippen MR) is 83.4 cm³/mol. The number of hydrogen-bond donors (Lipinski definition) is 1. The molecular weight excluding hydrogens is 246 g/mol. The van der Waals surface area contributed by atoms with Gasteiger partial charge in [0.2, 0.25) is 0 Å². The molecule has 1 aliphatic carbocycles. The van der Waals surface area contributed by atoms with Crippen LogP contribution in [0.25, 0.3) is 0 Å². The summed E-state index contributed by atoms with van der Waals surface area (Å²) in [7, 11) is 0. The molecule has 2 heteroatoms. The Bertz CT molecular complexity index is 453. The molecule has 1 aromatic rings. The van der Waals surface area contributed by atoms with Gasteiger partial charge in [-0.15, -0.1) is 0 Å². The molecule has 0 aromatic heterocycles. The van der Waals surface area contributed by atoms with Crippen molar-refractivity contribution in [1.82, 2.24) is 5.32 Å². The van der Waals surface area contributed by atoms with Crippen LogP contribution in [-0.2, 0) is 12.8 Å². The smallest absolute Gasteiger partial charge is 0.123 e. The van der Waals surface area contributed by atoms with E-state index in [0.29, 0.717) is 6.10 Å². The van der Waals surface area contributed by atoms with Crippen molar-refractivity contribution in [2.75, 3.05) is 6.54 Å². The Balaban J connectivity index is 1.42. The monoisotopic (exact) mass is 273 g/mol. The number of ether oxygens (including phenoxy) is 1. The molecule has 1 fully saturated rings. The number of benzene rings is 1.